The van der Waals surface area contributed by atoms with Crippen LogP contribution in [0.15, 0.2) is 12.2 Å². The maximum Gasteiger partial charge on any atom is 0.307 e. The number of ether oxygens (including phenoxy) is 1. The van der Waals surface area contributed by atoms with Crippen LogP contribution in [0.4, 0.5) is 0 Å². The van der Waals surface area contributed by atoms with Crippen LogP contribution in [-0.2, 0) is 9.53 Å². The van der Waals surface area contributed by atoms with E-state index >= 15 is 0 Å². The fraction of sp³-hybridized carbons (Fsp3) is 0.667. The van der Waals surface area contributed by atoms with E-state index < -0.39 is 0 Å². The quantitative estimate of drug-likeness (QED) is 0.388. The molecular weight excluding hydrogens is 140 g/mol. The number of fused-ring (bicyclic) bond motifs is 1. The summed E-state index contributed by atoms with van der Waals surface area (Å²) in [5.74, 6) is 0.829. The molecule has 2 heteroatoms. The summed E-state index contributed by atoms with van der Waals surface area (Å²) in [7, 11) is 0. The molecule has 11 heavy (non-hydrogen) atoms. The van der Waals surface area contributed by atoms with E-state index in [4.69, 9.17) is 4.74 Å². The van der Waals surface area contributed by atoms with Gasteiger partial charge in [0.2, 0.25) is 0 Å². The second kappa shape index (κ2) is 1.87. The molecule has 3 atom stereocenters. The number of esters is 1. The van der Waals surface area contributed by atoms with Gasteiger partial charge >= 0.3 is 5.97 Å². The summed E-state index contributed by atoms with van der Waals surface area (Å²) in [6.45, 7) is 4.12. The van der Waals surface area contributed by atoms with Crippen LogP contribution in [0.5, 0.6) is 0 Å². The van der Waals surface area contributed by atoms with Crippen LogP contribution in [-0.4, -0.2) is 11.6 Å². The van der Waals surface area contributed by atoms with Gasteiger partial charge in [-0.2, -0.15) is 0 Å². The van der Waals surface area contributed by atoms with Crippen LogP contribution in [0.1, 0.15) is 20.3 Å². The number of carbonyl (C=O) groups excluding carboxylic acids is 1. The largest absolute Gasteiger partial charge is 0.455 e. The minimum absolute atomic E-state index is 0.0475. The van der Waals surface area contributed by atoms with Gasteiger partial charge in [-0.15, -0.1) is 0 Å². The summed E-state index contributed by atoms with van der Waals surface area (Å²) in [6.07, 6.45) is 4.75. The Morgan fingerprint density at radius 3 is 3.09 bits per heavy atom. The van der Waals surface area contributed by atoms with Gasteiger partial charge in [-0.05, 0) is 18.9 Å². The molecule has 0 aromatic rings. The Labute approximate surface area is 66.2 Å². The second-order valence-corrected chi connectivity index (χ2v) is 3.69. The molecule has 60 valence electrons. The first-order valence-electron chi connectivity index (χ1n) is 4.03. The van der Waals surface area contributed by atoms with Gasteiger partial charge in [0, 0.05) is 5.92 Å². The zero-order chi connectivity index (χ0) is 8.06. The average Bonchev–Trinajstić information content (AvgIpc) is 2.32. The Morgan fingerprint density at radius 2 is 2.45 bits per heavy atom. The molecule has 0 radical (unpaired) electrons. The molecule has 0 bridgehead atoms. The monoisotopic (exact) mass is 152 g/mol. The summed E-state index contributed by atoms with van der Waals surface area (Å²) in [5.41, 5.74) is -0.281. The maximum absolute atomic E-state index is 11.0. The summed E-state index contributed by atoms with van der Waals surface area (Å²) >= 11 is 0. The highest BCUT2D eigenvalue weighted by Crippen LogP contribution is 2.43. The van der Waals surface area contributed by atoms with Crippen LogP contribution in [0.25, 0.3) is 0 Å². The third-order valence-corrected chi connectivity index (χ3v) is 2.82. The lowest BCUT2D eigenvalue weighted by Crippen LogP contribution is -2.27. The highest BCUT2D eigenvalue weighted by molar-refractivity contribution is 5.74. The van der Waals surface area contributed by atoms with E-state index in [9.17, 15) is 4.79 Å². The predicted octanol–water partition coefficient (Wildman–Crippen LogP) is 1.51. The Hall–Kier alpha value is -0.790. The molecular formula is C9H12O2. The highest BCUT2D eigenvalue weighted by Gasteiger charge is 2.48. The topological polar surface area (TPSA) is 26.3 Å². The fourth-order valence-electron chi connectivity index (χ4n) is 2.09. The van der Waals surface area contributed by atoms with Crippen LogP contribution < -0.4 is 0 Å². The van der Waals surface area contributed by atoms with Crippen molar-refractivity contribution >= 4 is 5.97 Å². The minimum Gasteiger partial charge on any atom is -0.455 e. The van der Waals surface area contributed by atoms with Gasteiger partial charge < -0.3 is 4.74 Å². The second-order valence-electron chi connectivity index (χ2n) is 3.69. The Kier molecular flexibility index (Phi) is 1.17. The van der Waals surface area contributed by atoms with Crippen molar-refractivity contribution in [3.63, 3.8) is 0 Å². The first kappa shape index (κ1) is 6.89. The number of rotatable bonds is 0. The molecule has 1 fully saturated rings. The van der Waals surface area contributed by atoms with Gasteiger partial charge in [0.1, 0.15) is 5.60 Å². The molecule has 0 unspecified atom stereocenters. The van der Waals surface area contributed by atoms with E-state index in [1.165, 1.54) is 0 Å². The zero-order valence-corrected chi connectivity index (χ0v) is 6.83. The van der Waals surface area contributed by atoms with Gasteiger partial charge in [0.05, 0.1) is 6.42 Å². The summed E-state index contributed by atoms with van der Waals surface area (Å²) in [6, 6.07) is 0. The molecule has 2 aliphatic rings. The third kappa shape index (κ3) is 0.817. The molecule has 0 aromatic heterocycles. The lowest BCUT2D eigenvalue weighted by Gasteiger charge is -2.22. The Bertz CT molecular complexity index is 232. The standard InChI is InChI=1S/C9H12O2/c1-6-3-4-9(2)7(6)5-8(10)11-9/h3-4,6-7H,5H2,1-2H3/t6-,7+,9-/m0/s1. The van der Waals surface area contributed by atoms with Crippen LogP contribution in [0.3, 0.4) is 0 Å². The molecule has 2 rings (SSSR count). The molecule has 1 heterocycles. The fourth-order valence-corrected chi connectivity index (χ4v) is 2.09. The Balaban J connectivity index is 2.31. The van der Waals surface area contributed by atoms with Crippen molar-refractivity contribution in [1.82, 2.24) is 0 Å². The van der Waals surface area contributed by atoms with E-state index in [1.54, 1.807) is 0 Å². The maximum atomic E-state index is 11.0. The van der Waals surface area contributed by atoms with E-state index in [-0.39, 0.29) is 11.6 Å². The summed E-state index contributed by atoms with van der Waals surface area (Å²) in [5, 5.41) is 0. The molecule has 2 nitrogen and oxygen atoms in total. The number of allylic oxidation sites excluding steroid dienone is 1. The van der Waals surface area contributed by atoms with Crippen molar-refractivity contribution < 1.29 is 9.53 Å². The van der Waals surface area contributed by atoms with Gasteiger partial charge in [0.25, 0.3) is 0 Å². The van der Waals surface area contributed by atoms with E-state index in [0.29, 0.717) is 18.3 Å². The van der Waals surface area contributed by atoms with Crippen molar-refractivity contribution in [3.05, 3.63) is 12.2 Å². The summed E-state index contributed by atoms with van der Waals surface area (Å²) < 4.78 is 5.22. The molecule has 1 saturated heterocycles. The first-order valence-corrected chi connectivity index (χ1v) is 4.03. The lowest BCUT2D eigenvalue weighted by molar-refractivity contribution is -0.144. The van der Waals surface area contributed by atoms with E-state index in [0.717, 1.165) is 0 Å². The molecule has 0 saturated carbocycles. The van der Waals surface area contributed by atoms with Crippen molar-refractivity contribution in [2.24, 2.45) is 11.8 Å². The SMILES string of the molecule is C[C@H]1C=C[C@]2(C)OC(=O)C[C@H]12. The smallest absolute Gasteiger partial charge is 0.307 e. The highest BCUT2D eigenvalue weighted by atomic mass is 16.6. The number of hydrogen-bond acceptors (Lipinski definition) is 2. The molecule has 1 aliphatic carbocycles. The normalized spacial score (nSPS) is 47.6. The minimum atomic E-state index is -0.281. The van der Waals surface area contributed by atoms with Crippen molar-refractivity contribution in [3.8, 4) is 0 Å². The van der Waals surface area contributed by atoms with E-state index in [2.05, 4.69) is 13.0 Å². The zero-order valence-electron chi connectivity index (χ0n) is 6.83. The van der Waals surface area contributed by atoms with Gasteiger partial charge in [0.15, 0.2) is 0 Å². The third-order valence-electron chi connectivity index (χ3n) is 2.82. The molecule has 1 aliphatic heterocycles. The number of hydrogen-bond donors (Lipinski definition) is 0. The van der Waals surface area contributed by atoms with Gasteiger partial charge in [-0.1, -0.05) is 13.0 Å². The van der Waals surface area contributed by atoms with Crippen molar-refractivity contribution in [2.45, 2.75) is 25.9 Å². The van der Waals surface area contributed by atoms with Gasteiger partial charge in [-0.25, -0.2) is 0 Å². The van der Waals surface area contributed by atoms with Crippen molar-refractivity contribution in [2.75, 3.05) is 0 Å². The molecule has 0 N–H and O–H groups in total. The van der Waals surface area contributed by atoms with E-state index in [1.807, 2.05) is 13.0 Å². The lowest BCUT2D eigenvalue weighted by atomic mass is 9.86. The predicted molar refractivity (Wildman–Crippen MR) is 40.9 cm³/mol. The van der Waals surface area contributed by atoms with Crippen LogP contribution in [0, 0.1) is 11.8 Å². The average molecular weight is 152 g/mol. The molecule has 0 aromatic carbocycles. The molecule has 0 amide bonds. The van der Waals surface area contributed by atoms with Crippen LogP contribution >= 0.6 is 0 Å². The summed E-state index contributed by atoms with van der Waals surface area (Å²) in [4.78, 5) is 11.0. The van der Waals surface area contributed by atoms with Crippen LogP contribution in [0.2, 0.25) is 0 Å². The van der Waals surface area contributed by atoms with Gasteiger partial charge in [-0.3, -0.25) is 4.79 Å². The first-order chi connectivity index (χ1) is 5.12. The Morgan fingerprint density at radius 1 is 1.73 bits per heavy atom. The molecule has 0 spiro atoms. The number of carbonyl (C=O) groups is 1. The van der Waals surface area contributed by atoms with Crippen molar-refractivity contribution in [1.29, 1.82) is 0 Å².